The zero-order chi connectivity index (χ0) is 11.5. The summed E-state index contributed by atoms with van der Waals surface area (Å²) in [5.41, 5.74) is 3.06. The molecule has 1 aromatic heterocycles. The van der Waals surface area contributed by atoms with E-state index in [1.807, 2.05) is 31.3 Å². The predicted octanol–water partition coefficient (Wildman–Crippen LogP) is 2.53. The van der Waals surface area contributed by atoms with Crippen LogP contribution in [0.4, 0.5) is 0 Å². The first kappa shape index (κ1) is 10.0. The van der Waals surface area contributed by atoms with Crippen molar-refractivity contribution in [2.75, 3.05) is 0 Å². The molecular weight excluding hydrogens is 198 g/mol. The second-order valence-electron chi connectivity index (χ2n) is 3.49. The maximum atomic E-state index is 8.92. The molecule has 0 radical (unpaired) electrons. The molecule has 0 aliphatic carbocycles. The van der Waals surface area contributed by atoms with Gasteiger partial charge in [0.2, 0.25) is 0 Å². The van der Waals surface area contributed by atoms with Crippen LogP contribution in [0.1, 0.15) is 16.8 Å². The Morgan fingerprint density at radius 3 is 2.56 bits per heavy atom. The first-order valence-corrected chi connectivity index (χ1v) is 4.85. The molecular formula is C13H9N3. The Morgan fingerprint density at radius 1 is 1.12 bits per heavy atom. The highest BCUT2D eigenvalue weighted by Crippen LogP contribution is 2.16. The number of nitrogens with zero attached hydrogens (tertiary/aromatic N) is 3. The van der Waals surface area contributed by atoms with Crippen molar-refractivity contribution in [3.8, 4) is 17.8 Å². The van der Waals surface area contributed by atoms with E-state index < -0.39 is 0 Å². The lowest BCUT2D eigenvalue weighted by atomic mass is 10.1. The van der Waals surface area contributed by atoms with Crippen molar-refractivity contribution in [3.05, 3.63) is 53.3 Å². The van der Waals surface area contributed by atoms with Crippen LogP contribution in [0.3, 0.4) is 0 Å². The van der Waals surface area contributed by atoms with E-state index in [9.17, 15) is 0 Å². The largest absolute Gasteiger partial charge is 0.308 e. The van der Waals surface area contributed by atoms with Crippen molar-refractivity contribution in [2.45, 2.75) is 6.92 Å². The summed E-state index contributed by atoms with van der Waals surface area (Å²) in [5, 5.41) is 17.7. The monoisotopic (exact) mass is 207 g/mol. The molecule has 0 spiro atoms. The maximum absolute atomic E-state index is 8.92. The van der Waals surface area contributed by atoms with E-state index in [0.29, 0.717) is 11.3 Å². The van der Waals surface area contributed by atoms with Gasteiger partial charge in [0, 0.05) is 11.9 Å². The first-order chi connectivity index (χ1) is 7.76. The van der Waals surface area contributed by atoms with E-state index >= 15 is 0 Å². The summed E-state index contributed by atoms with van der Waals surface area (Å²) in [5.74, 6) is 0. The molecule has 3 heteroatoms. The SMILES string of the molecule is Cc1cc(-n2cccc2C#N)ccc1C#N. The molecule has 0 N–H and O–H groups in total. The molecule has 16 heavy (non-hydrogen) atoms. The van der Waals surface area contributed by atoms with Crippen LogP contribution < -0.4 is 0 Å². The summed E-state index contributed by atoms with van der Waals surface area (Å²) < 4.78 is 1.80. The van der Waals surface area contributed by atoms with Gasteiger partial charge in [-0.2, -0.15) is 10.5 Å². The number of hydrogen-bond donors (Lipinski definition) is 0. The van der Waals surface area contributed by atoms with E-state index in [0.717, 1.165) is 11.3 Å². The molecule has 0 aliphatic heterocycles. The molecule has 0 saturated heterocycles. The van der Waals surface area contributed by atoms with Crippen molar-refractivity contribution in [1.82, 2.24) is 4.57 Å². The summed E-state index contributed by atoms with van der Waals surface area (Å²) in [4.78, 5) is 0. The van der Waals surface area contributed by atoms with Gasteiger partial charge in [-0.1, -0.05) is 0 Å². The van der Waals surface area contributed by atoms with Crippen LogP contribution in [0.5, 0.6) is 0 Å². The van der Waals surface area contributed by atoms with Crippen LogP contribution in [0.2, 0.25) is 0 Å². The van der Waals surface area contributed by atoms with E-state index in [1.165, 1.54) is 0 Å². The fourth-order valence-electron chi connectivity index (χ4n) is 1.62. The Kier molecular flexibility index (Phi) is 2.45. The van der Waals surface area contributed by atoms with Crippen molar-refractivity contribution >= 4 is 0 Å². The van der Waals surface area contributed by atoms with Gasteiger partial charge in [0.25, 0.3) is 0 Å². The zero-order valence-electron chi connectivity index (χ0n) is 8.81. The minimum absolute atomic E-state index is 0.587. The summed E-state index contributed by atoms with van der Waals surface area (Å²) in [6, 6.07) is 13.3. The van der Waals surface area contributed by atoms with Crippen molar-refractivity contribution < 1.29 is 0 Å². The third kappa shape index (κ3) is 1.55. The summed E-state index contributed by atoms with van der Waals surface area (Å²) in [6.45, 7) is 1.89. The molecule has 1 heterocycles. The molecule has 0 unspecified atom stereocenters. The van der Waals surface area contributed by atoms with E-state index in [1.54, 1.807) is 16.7 Å². The highest BCUT2D eigenvalue weighted by Gasteiger charge is 2.04. The molecule has 0 aliphatic rings. The van der Waals surface area contributed by atoms with Gasteiger partial charge in [-0.3, -0.25) is 0 Å². The Labute approximate surface area is 93.8 Å². The number of benzene rings is 1. The van der Waals surface area contributed by atoms with Gasteiger partial charge < -0.3 is 4.57 Å². The van der Waals surface area contributed by atoms with Crippen molar-refractivity contribution in [2.24, 2.45) is 0 Å². The van der Waals surface area contributed by atoms with Gasteiger partial charge >= 0.3 is 0 Å². The van der Waals surface area contributed by atoms with Gasteiger partial charge in [-0.05, 0) is 42.8 Å². The fourth-order valence-corrected chi connectivity index (χ4v) is 1.62. The lowest BCUT2D eigenvalue weighted by Gasteiger charge is -2.06. The van der Waals surface area contributed by atoms with Crippen LogP contribution in [-0.2, 0) is 0 Å². The Morgan fingerprint density at radius 2 is 1.94 bits per heavy atom. The summed E-state index contributed by atoms with van der Waals surface area (Å²) in [7, 11) is 0. The van der Waals surface area contributed by atoms with Crippen LogP contribution >= 0.6 is 0 Å². The number of aryl methyl sites for hydroxylation is 1. The Bertz CT molecular complexity index is 609. The van der Waals surface area contributed by atoms with Gasteiger partial charge in [0.05, 0.1) is 11.6 Å². The van der Waals surface area contributed by atoms with E-state index in [2.05, 4.69) is 12.1 Å². The quantitative estimate of drug-likeness (QED) is 0.721. The average molecular weight is 207 g/mol. The topological polar surface area (TPSA) is 52.5 Å². The average Bonchev–Trinajstić information content (AvgIpc) is 2.77. The second-order valence-corrected chi connectivity index (χ2v) is 3.49. The van der Waals surface area contributed by atoms with Crippen molar-refractivity contribution in [3.63, 3.8) is 0 Å². The second kappa shape index (κ2) is 3.92. The molecule has 1 aromatic carbocycles. The highest BCUT2D eigenvalue weighted by molar-refractivity contribution is 5.47. The highest BCUT2D eigenvalue weighted by atomic mass is 15.0. The molecule has 3 nitrogen and oxygen atoms in total. The molecule has 76 valence electrons. The Hall–Kier alpha value is -2.52. The third-order valence-electron chi connectivity index (χ3n) is 2.47. The molecule has 0 amide bonds. The van der Waals surface area contributed by atoms with Crippen molar-refractivity contribution in [1.29, 1.82) is 10.5 Å². The minimum Gasteiger partial charge on any atom is -0.308 e. The molecule has 0 saturated carbocycles. The van der Waals surface area contributed by atoms with Crippen LogP contribution in [-0.4, -0.2) is 4.57 Å². The predicted molar refractivity (Wildman–Crippen MR) is 59.9 cm³/mol. The minimum atomic E-state index is 0.587. The molecule has 2 rings (SSSR count). The lowest BCUT2D eigenvalue weighted by Crippen LogP contribution is -1.96. The third-order valence-corrected chi connectivity index (χ3v) is 2.47. The smallest absolute Gasteiger partial charge is 0.124 e. The number of rotatable bonds is 1. The maximum Gasteiger partial charge on any atom is 0.124 e. The van der Waals surface area contributed by atoms with Gasteiger partial charge in [0.1, 0.15) is 11.8 Å². The molecule has 0 bridgehead atoms. The number of hydrogen-bond acceptors (Lipinski definition) is 2. The van der Waals surface area contributed by atoms with E-state index in [4.69, 9.17) is 10.5 Å². The molecule has 0 fully saturated rings. The van der Waals surface area contributed by atoms with Crippen LogP contribution in [0.25, 0.3) is 5.69 Å². The fraction of sp³-hybridized carbons (Fsp3) is 0.0769. The zero-order valence-corrected chi connectivity index (χ0v) is 8.81. The van der Waals surface area contributed by atoms with Gasteiger partial charge in [0.15, 0.2) is 0 Å². The lowest BCUT2D eigenvalue weighted by molar-refractivity contribution is 1.05. The van der Waals surface area contributed by atoms with Gasteiger partial charge in [-0.25, -0.2) is 0 Å². The van der Waals surface area contributed by atoms with Crippen LogP contribution in [0.15, 0.2) is 36.5 Å². The summed E-state index contributed by atoms with van der Waals surface area (Å²) >= 11 is 0. The van der Waals surface area contributed by atoms with Gasteiger partial charge in [-0.15, -0.1) is 0 Å². The first-order valence-electron chi connectivity index (χ1n) is 4.85. The van der Waals surface area contributed by atoms with Crippen LogP contribution in [0, 0.1) is 29.6 Å². The van der Waals surface area contributed by atoms with E-state index in [-0.39, 0.29) is 0 Å². The number of nitriles is 2. The standard InChI is InChI=1S/C13H9N3/c1-10-7-12(5-4-11(10)8-14)16-6-2-3-13(16)9-15/h2-7H,1H3. The number of aromatic nitrogens is 1. The molecule has 2 aromatic rings. The normalized spacial score (nSPS) is 9.44. The summed E-state index contributed by atoms with van der Waals surface area (Å²) in [6.07, 6.45) is 1.83. The molecule has 0 atom stereocenters. The Balaban J connectivity index is 2.56.